The Balaban J connectivity index is 2.60. The first-order valence-electron chi connectivity index (χ1n) is 5.04. The van der Waals surface area contributed by atoms with Crippen molar-refractivity contribution in [1.82, 2.24) is 0 Å². The highest BCUT2D eigenvalue weighted by atomic mass is 16.1. The lowest BCUT2D eigenvalue weighted by molar-refractivity contribution is -0.114. The molecule has 0 saturated heterocycles. The molecule has 1 rings (SSSR count). The van der Waals surface area contributed by atoms with Gasteiger partial charge in [-0.3, -0.25) is 9.59 Å². The van der Waals surface area contributed by atoms with Crippen LogP contribution in [0.5, 0.6) is 0 Å². The monoisotopic (exact) mass is 202 g/mol. The average Bonchev–Trinajstić information content (AvgIpc) is 2.27. The Morgan fingerprint density at radius 3 is 2.40 bits per heavy atom. The largest absolute Gasteiger partial charge is 0.295 e. The summed E-state index contributed by atoms with van der Waals surface area (Å²) < 4.78 is 0. The number of carbonyl (C=O) groups is 2. The topological polar surface area (TPSA) is 34.1 Å². The molecule has 0 aliphatic heterocycles. The zero-order chi connectivity index (χ0) is 11.1. The quantitative estimate of drug-likeness (QED) is 0.543. The molecule has 0 spiro atoms. The van der Waals surface area contributed by atoms with Gasteiger partial charge in [0.25, 0.3) is 0 Å². The van der Waals surface area contributed by atoms with E-state index in [0.717, 1.165) is 6.42 Å². The minimum atomic E-state index is -0.125. The molecule has 1 aromatic rings. The van der Waals surface area contributed by atoms with Crippen molar-refractivity contribution >= 4 is 11.6 Å². The fourth-order valence-electron chi connectivity index (χ4n) is 1.20. The number of hydrogen-bond acceptors (Lipinski definition) is 2. The van der Waals surface area contributed by atoms with Crippen LogP contribution in [0.15, 0.2) is 42.5 Å². The van der Waals surface area contributed by atoms with Gasteiger partial charge in [0.05, 0.1) is 0 Å². The summed E-state index contributed by atoms with van der Waals surface area (Å²) in [5.41, 5.74) is 0.609. The molecular formula is C13H14O2. The summed E-state index contributed by atoms with van der Waals surface area (Å²) in [6.45, 7) is 1.94. The van der Waals surface area contributed by atoms with Crippen molar-refractivity contribution in [2.75, 3.05) is 0 Å². The predicted octanol–water partition coefficient (Wildman–Crippen LogP) is 2.79. The van der Waals surface area contributed by atoms with E-state index in [-0.39, 0.29) is 11.6 Å². The molecule has 0 aromatic heterocycles. The molecule has 2 nitrogen and oxygen atoms in total. The zero-order valence-corrected chi connectivity index (χ0v) is 8.77. The molecule has 0 bridgehead atoms. The molecule has 2 heteroatoms. The van der Waals surface area contributed by atoms with Gasteiger partial charge in [-0.15, -0.1) is 0 Å². The molecule has 1 aromatic carbocycles. The van der Waals surface area contributed by atoms with Crippen molar-refractivity contribution in [3.05, 3.63) is 48.0 Å². The molecule has 0 N–H and O–H groups in total. The van der Waals surface area contributed by atoms with E-state index in [1.165, 1.54) is 12.2 Å². The van der Waals surface area contributed by atoms with Crippen LogP contribution in [0.1, 0.15) is 30.1 Å². The van der Waals surface area contributed by atoms with Gasteiger partial charge in [0.15, 0.2) is 11.6 Å². The SMILES string of the molecule is CCCC(=O)/C=C\C(=O)c1ccccc1. The van der Waals surface area contributed by atoms with Crippen LogP contribution >= 0.6 is 0 Å². The molecule has 0 heterocycles. The number of ketones is 2. The van der Waals surface area contributed by atoms with E-state index < -0.39 is 0 Å². The molecule has 0 fully saturated rings. The molecule has 78 valence electrons. The van der Waals surface area contributed by atoms with E-state index in [1.54, 1.807) is 24.3 Å². The van der Waals surface area contributed by atoms with Crippen molar-refractivity contribution in [3.63, 3.8) is 0 Å². The number of rotatable bonds is 5. The third kappa shape index (κ3) is 3.90. The Morgan fingerprint density at radius 2 is 1.80 bits per heavy atom. The summed E-state index contributed by atoms with van der Waals surface area (Å²) in [5.74, 6) is -0.123. The van der Waals surface area contributed by atoms with Gasteiger partial charge in [-0.25, -0.2) is 0 Å². The molecule has 0 amide bonds. The number of carbonyl (C=O) groups excluding carboxylic acids is 2. The summed E-state index contributed by atoms with van der Waals surface area (Å²) in [6, 6.07) is 8.92. The summed E-state index contributed by atoms with van der Waals surface area (Å²) >= 11 is 0. The Kier molecular flexibility index (Phi) is 4.48. The average molecular weight is 202 g/mol. The van der Waals surface area contributed by atoms with Crippen molar-refractivity contribution < 1.29 is 9.59 Å². The fourth-order valence-corrected chi connectivity index (χ4v) is 1.20. The molecule has 0 saturated carbocycles. The fraction of sp³-hybridized carbons (Fsp3) is 0.231. The highest BCUT2D eigenvalue weighted by Crippen LogP contribution is 2.01. The van der Waals surface area contributed by atoms with E-state index in [2.05, 4.69) is 0 Å². The van der Waals surface area contributed by atoms with E-state index >= 15 is 0 Å². The maximum atomic E-state index is 11.5. The Hall–Kier alpha value is -1.70. The lowest BCUT2D eigenvalue weighted by atomic mass is 10.1. The second-order valence-electron chi connectivity index (χ2n) is 3.28. The smallest absolute Gasteiger partial charge is 0.185 e. The van der Waals surface area contributed by atoms with Gasteiger partial charge in [0, 0.05) is 12.0 Å². The highest BCUT2D eigenvalue weighted by molar-refractivity contribution is 6.07. The number of benzene rings is 1. The summed E-state index contributed by atoms with van der Waals surface area (Å²) in [6.07, 6.45) is 4.01. The van der Waals surface area contributed by atoms with E-state index in [1.807, 2.05) is 13.0 Å². The third-order valence-corrected chi connectivity index (χ3v) is 1.98. The van der Waals surface area contributed by atoms with E-state index in [4.69, 9.17) is 0 Å². The minimum absolute atomic E-state index is 0.00165. The maximum absolute atomic E-state index is 11.5. The van der Waals surface area contributed by atoms with Crippen LogP contribution < -0.4 is 0 Å². The van der Waals surface area contributed by atoms with Crippen LogP contribution in [0.3, 0.4) is 0 Å². The summed E-state index contributed by atoms with van der Waals surface area (Å²) in [7, 11) is 0. The van der Waals surface area contributed by atoms with Crippen molar-refractivity contribution in [2.45, 2.75) is 19.8 Å². The van der Waals surface area contributed by atoms with Crippen LogP contribution in [0, 0.1) is 0 Å². The first kappa shape index (κ1) is 11.4. The first-order chi connectivity index (χ1) is 7.24. The normalized spacial score (nSPS) is 10.5. The van der Waals surface area contributed by atoms with Crippen LogP contribution in [0.25, 0.3) is 0 Å². The van der Waals surface area contributed by atoms with Crippen LogP contribution in [-0.2, 0) is 4.79 Å². The summed E-state index contributed by atoms with van der Waals surface area (Å²) in [5, 5.41) is 0. The van der Waals surface area contributed by atoms with Gasteiger partial charge in [-0.2, -0.15) is 0 Å². The molecule has 0 unspecified atom stereocenters. The van der Waals surface area contributed by atoms with Gasteiger partial charge in [-0.1, -0.05) is 37.3 Å². The predicted molar refractivity (Wildman–Crippen MR) is 59.8 cm³/mol. The molecule has 0 radical (unpaired) electrons. The Bertz CT molecular complexity index is 363. The molecule has 0 aliphatic carbocycles. The lowest BCUT2D eigenvalue weighted by Crippen LogP contribution is -1.96. The summed E-state index contributed by atoms with van der Waals surface area (Å²) in [4.78, 5) is 22.7. The van der Waals surface area contributed by atoms with Gasteiger partial charge >= 0.3 is 0 Å². The van der Waals surface area contributed by atoms with Gasteiger partial charge in [-0.05, 0) is 18.6 Å². The van der Waals surface area contributed by atoms with Crippen LogP contribution in [-0.4, -0.2) is 11.6 Å². The van der Waals surface area contributed by atoms with Crippen molar-refractivity contribution in [2.24, 2.45) is 0 Å². The first-order valence-corrected chi connectivity index (χ1v) is 5.04. The second kappa shape index (κ2) is 5.91. The molecule has 0 atom stereocenters. The van der Waals surface area contributed by atoms with Gasteiger partial charge in [0.1, 0.15) is 0 Å². The lowest BCUT2D eigenvalue weighted by Gasteiger charge is -1.93. The van der Waals surface area contributed by atoms with Crippen LogP contribution in [0.2, 0.25) is 0 Å². The number of allylic oxidation sites excluding steroid dienone is 2. The van der Waals surface area contributed by atoms with Crippen molar-refractivity contribution in [1.29, 1.82) is 0 Å². The minimum Gasteiger partial charge on any atom is -0.295 e. The molecular weight excluding hydrogens is 188 g/mol. The zero-order valence-electron chi connectivity index (χ0n) is 8.77. The highest BCUT2D eigenvalue weighted by Gasteiger charge is 2.00. The standard InChI is InChI=1S/C13H14O2/c1-2-6-12(14)9-10-13(15)11-7-4-3-5-8-11/h3-5,7-10H,2,6H2,1H3/b10-9-. The van der Waals surface area contributed by atoms with E-state index in [0.29, 0.717) is 12.0 Å². The van der Waals surface area contributed by atoms with Crippen molar-refractivity contribution in [3.8, 4) is 0 Å². The Labute approximate surface area is 89.6 Å². The van der Waals surface area contributed by atoms with Gasteiger partial charge in [0.2, 0.25) is 0 Å². The van der Waals surface area contributed by atoms with Gasteiger partial charge < -0.3 is 0 Å². The molecule has 0 aliphatic rings. The third-order valence-electron chi connectivity index (χ3n) is 1.98. The van der Waals surface area contributed by atoms with Crippen LogP contribution in [0.4, 0.5) is 0 Å². The van der Waals surface area contributed by atoms with E-state index in [9.17, 15) is 9.59 Å². The Morgan fingerprint density at radius 1 is 1.13 bits per heavy atom. The maximum Gasteiger partial charge on any atom is 0.185 e. The number of hydrogen-bond donors (Lipinski definition) is 0. The molecule has 15 heavy (non-hydrogen) atoms. The second-order valence-corrected chi connectivity index (χ2v) is 3.28.